The highest BCUT2D eigenvalue weighted by molar-refractivity contribution is 5.57. The fraction of sp³-hybridized carbons (Fsp3) is 0.267. The van der Waals surface area contributed by atoms with E-state index in [0.29, 0.717) is 17.9 Å². The fourth-order valence-corrected chi connectivity index (χ4v) is 1.97. The Morgan fingerprint density at radius 3 is 2.45 bits per heavy atom. The van der Waals surface area contributed by atoms with E-state index in [1.807, 2.05) is 50.1 Å². The van der Waals surface area contributed by atoms with Crippen molar-refractivity contribution in [2.24, 2.45) is 0 Å². The third-order valence-corrected chi connectivity index (χ3v) is 3.31. The molecule has 1 aromatic heterocycles. The first kappa shape index (κ1) is 13.8. The first-order valence-electron chi connectivity index (χ1n) is 6.32. The van der Waals surface area contributed by atoms with Crippen LogP contribution in [0.25, 0.3) is 0 Å². The van der Waals surface area contributed by atoms with Gasteiger partial charge in [-0.1, -0.05) is 12.1 Å². The van der Waals surface area contributed by atoms with Crippen LogP contribution in [0.2, 0.25) is 0 Å². The van der Waals surface area contributed by atoms with Crippen LogP contribution in [0.15, 0.2) is 24.3 Å². The summed E-state index contributed by atoms with van der Waals surface area (Å²) < 4.78 is 0. The van der Waals surface area contributed by atoms with Gasteiger partial charge < -0.3 is 10.6 Å². The third kappa shape index (κ3) is 2.69. The predicted octanol–water partition coefficient (Wildman–Crippen LogP) is 2.18. The first-order valence-corrected chi connectivity index (χ1v) is 6.32. The standard InChI is InChI=1S/C15H17N5/c1-10-11(2)18-19-15(14(10)8-16)20(3)9-12-4-6-13(17)7-5-12/h4-7H,9,17H2,1-3H3. The minimum atomic E-state index is 0.579. The van der Waals surface area contributed by atoms with Crippen molar-refractivity contribution in [3.63, 3.8) is 0 Å². The molecule has 0 bridgehead atoms. The van der Waals surface area contributed by atoms with Crippen LogP contribution in [-0.2, 0) is 6.54 Å². The molecule has 0 atom stereocenters. The van der Waals surface area contributed by atoms with Crippen molar-refractivity contribution in [2.75, 3.05) is 17.7 Å². The minimum absolute atomic E-state index is 0.579. The van der Waals surface area contributed by atoms with Crippen molar-refractivity contribution in [1.82, 2.24) is 10.2 Å². The number of aromatic nitrogens is 2. The molecule has 1 heterocycles. The molecule has 5 heteroatoms. The van der Waals surface area contributed by atoms with Crippen molar-refractivity contribution in [1.29, 1.82) is 5.26 Å². The quantitative estimate of drug-likeness (QED) is 0.862. The van der Waals surface area contributed by atoms with E-state index in [4.69, 9.17) is 5.73 Å². The molecule has 0 saturated heterocycles. The van der Waals surface area contributed by atoms with Crippen molar-refractivity contribution >= 4 is 11.5 Å². The molecule has 0 aliphatic rings. The molecule has 2 aromatic rings. The van der Waals surface area contributed by atoms with Crippen molar-refractivity contribution < 1.29 is 0 Å². The van der Waals surface area contributed by atoms with Gasteiger partial charge in [0, 0.05) is 19.3 Å². The van der Waals surface area contributed by atoms with Gasteiger partial charge in [-0.25, -0.2) is 0 Å². The summed E-state index contributed by atoms with van der Waals surface area (Å²) >= 11 is 0. The molecule has 0 aliphatic carbocycles. The number of hydrogen-bond donors (Lipinski definition) is 1. The zero-order valence-corrected chi connectivity index (χ0v) is 11.9. The lowest BCUT2D eigenvalue weighted by Crippen LogP contribution is -2.20. The second-order valence-corrected chi connectivity index (χ2v) is 4.82. The Bertz CT molecular complexity index is 655. The summed E-state index contributed by atoms with van der Waals surface area (Å²) in [6.07, 6.45) is 0. The number of benzene rings is 1. The summed E-state index contributed by atoms with van der Waals surface area (Å²) in [5, 5.41) is 17.6. The van der Waals surface area contributed by atoms with Crippen LogP contribution < -0.4 is 10.6 Å². The molecule has 1 aromatic carbocycles. The van der Waals surface area contributed by atoms with Crippen LogP contribution in [0.5, 0.6) is 0 Å². The maximum atomic E-state index is 9.31. The molecule has 0 spiro atoms. The normalized spacial score (nSPS) is 10.1. The first-order chi connectivity index (χ1) is 9.52. The highest BCUT2D eigenvalue weighted by Crippen LogP contribution is 2.21. The molecule has 2 rings (SSSR count). The summed E-state index contributed by atoms with van der Waals surface area (Å²) in [7, 11) is 1.90. The number of aryl methyl sites for hydroxylation is 1. The molecular formula is C15H17N5. The summed E-state index contributed by atoms with van der Waals surface area (Å²) in [4.78, 5) is 1.92. The van der Waals surface area contributed by atoms with Gasteiger partial charge in [-0.2, -0.15) is 10.4 Å². The van der Waals surface area contributed by atoms with Gasteiger partial charge >= 0.3 is 0 Å². The van der Waals surface area contributed by atoms with Gasteiger partial charge in [-0.3, -0.25) is 0 Å². The molecular weight excluding hydrogens is 250 g/mol. The van der Waals surface area contributed by atoms with Gasteiger partial charge in [-0.15, -0.1) is 5.10 Å². The number of rotatable bonds is 3. The zero-order chi connectivity index (χ0) is 14.7. The third-order valence-electron chi connectivity index (χ3n) is 3.31. The smallest absolute Gasteiger partial charge is 0.169 e. The molecule has 0 radical (unpaired) electrons. The zero-order valence-electron chi connectivity index (χ0n) is 11.9. The molecule has 0 unspecified atom stereocenters. The number of anilines is 2. The number of nitrogens with two attached hydrogens (primary N) is 1. The highest BCUT2D eigenvalue weighted by Gasteiger charge is 2.14. The lowest BCUT2D eigenvalue weighted by molar-refractivity contribution is 0.846. The van der Waals surface area contributed by atoms with E-state index in [1.54, 1.807) is 0 Å². The van der Waals surface area contributed by atoms with E-state index in [-0.39, 0.29) is 0 Å². The number of nitrogens with zero attached hydrogens (tertiary/aromatic N) is 4. The molecule has 20 heavy (non-hydrogen) atoms. The van der Waals surface area contributed by atoms with Crippen molar-refractivity contribution in [3.05, 3.63) is 46.6 Å². The number of hydrogen-bond acceptors (Lipinski definition) is 5. The van der Waals surface area contributed by atoms with Gasteiger partial charge in [0.2, 0.25) is 0 Å². The summed E-state index contributed by atoms with van der Waals surface area (Å²) in [6, 6.07) is 9.87. The van der Waals surface area contributed by atoms with Crippen LogP contribution in [-0.4, -0.2) is 17.2 Å². The second-order valence-electron chi connectivity index (χ2n) is 4.82. The van der Waals surface area contributed by atoms with E-state index in [9.17, 15) is 5.26 Å². The number of nitrogen functional groups attached to an aromatic ring is 1. The molecule has 2 N–H and O–H groups in total. The Morgan fingerprint density at radius 2 is 1.85 bits per heavy atom. The average molecular weight is 267 g/mol. The van der Waals surface area contributed by atoms with Gasteiger partial charge in [0.25, 0.3) is 0 Å². The lowest BCUT2D eigenvalue weighted by Gasteiger charge is -2.20. The van der Waals surface area contributed by atoms with E-state index < -0.39 is 0 Å². The number of nitriles is 1. The Balaban J connectivity index is 2.30. The van der Waals surface area contributed by atoms with Crippen LogP contribution in [0.1, 0.15) is 22.4 Å². The molecule has 0 saturated carbocycles. The average Bonchev–Trinajstić information content (AvgIpc) is 2.44. The Kier molecular flexibility index (Phi) is 3.85. The van der Waals surface area contributed by atoms with Gasteiger partial charge in [-0.05, 0) is 37.1 Å². The van der Waals surface area contributed by atoms with E-state index >= 15 is 0 Å². The monoisotopic (exact) mass is 267 g/mol. The lowest BCUT2D eigenvalue weighted by atomic mass is 10.1. The van der Waals surface area contributed by atoms with Crippen LogP contribution in [0, 0.1) is 25.2 Å². The largest absolute Gasteiger partial charge is 0.399 e. The minimum Gasteiger partial charge on any atom is -0.399 e. The van der Waals surface area contributed by atoms with Gasteiger partial charge in [0.1, 0.15) is 11.6 Å². The Hall–Kier alpha value is -2.61. The Labute approximate surface area is 118 Å². The molecule has 0 amide bonds. The van der Waals surface area contributed by atoms with Crippen LogP contribution in [0.4, 0.5) is 11.5 Å². The van der Waals surface area contributed by atoms with Crippen LogP contribution in [0.3, 0.4) is 0 Å². The van der Waals surface area contributed by atoms with Crippen LogP contribution >= 0.6 is 0 Å². The maximum absolute atomic E-state index is 9.31. The fourth-order valence-electron chi connectivity index (χ4n) is 1.97. The maximum Gasteiger partial charge on any atom is 0.169 e. The predicted molar refractivity (Wildman–Crippen MR) is 79.2 cm³/mol. The molecule has 0 fully saturated rings. The van der Waals surface area contributed by atoms with Crippen molar-refractivity contribution in [3.8, 4) is 6.07 Å². The topological polar surface area (TPSA) is 78.8 Å². The highest BCUT2D eigenvalue weighted by atomic mass is 15.2. The van der Waals surface area contributed by atoms with E-state index in [2.05, 4.69) is 16.3 Å². The molecule has 5 nitrogen and oxygen atoms in total. The summed E-state index contributed by atoms with van der Waals surface area (Å²) in [5.41, 5.74) is 9.75. The second kappa shape index (κ2) is 5.57. The SMILES string of the molecule is Cc1nnc(N(C)Cc2ccc(N)cc2)c(C#N)c1C. The van der Waals surface area contributed by atoms with Gasteiger partial charge in [0.05, 0.1) is 5.69 Å². The molecule has 102 valence electrons. The Morgan fingerprint density at radius 1 is 1.20 bits per heavy atom. The van der Waals surface area contributed by atoms with Crippen molar-refractivity contribution in [2.45, 2.75) is 20.4 Å². The summed E-state index contributed by atoms with van der Waals surface area (Å²) in [5.74, 6) is 0.604. The van der Waals surface area contributed by atoms with Gasteiger partial charge in [0.15, 0.2) is 5.82 Å². The van der Waals surface area contributed by atoms with E-state index in [1.165, 1.54) is 0 Å². The summed E-state index contributed by atoms with van der Waals surface area (Å²) in [6.45, 7) is 4.39. The van der Waals surface area contributed by atoms with E-state index in [0.717, 1.165) is 22.5 Å². The molecule has 0 aliphatic heterocycles.